The average Bonchev–Trinajstić information content (AvgIpc) is 3.24. The van der Waals surface area contributed by atoms with Gasteiger partial charge in [0.25, 0.3) is 0 Å². The van der Waals surface area contributed by atoms with E-state index in [0.717, 1.165) is 0 Å². The molecule has 1 fully saturated rings. The predicted octanol–water partition coefficient (Wildman–Crippen LogP) is 10.2. The van der Waals surface area contributed by atoms with E-state index in [-0.39, 0.29) is 0 Å². The van der Waals surface area contributed by atoms with Crippen LogP contribution in [0.4, 0.5) is 0 Å². The fraction of sp³-hybridized carbons (Fsp3) is 1.00. The maximum atomic E-state index is 2.33. The topological polar surface area (TPSA) is 0 Å². The molecule has 1 heterocycles. The van der Waals surface area contributed by atoms with Gasteiger partial charge in [-0.2, -0.15) is 0 Å². The number of nitrogens with zero attached hydrogens (tertiary/aromatic N) is 1. The molecular formula is C30H62N+. The summed E-state index contributed by atoms with van der Waals surface area (Å²) < 4.78 is 1.49. The van der Waals surface area contributed by atoms with Crippen LogP contribution >= 0.6 is 0 Å². The molecule has 0 amide bonds. The third-order valence-electron chi connectivity index (χ3n) is 7.99. The Hall–Kier alpha value is -0.0400. The van der Waals surface area contributed by atoms with Crippen LogP contribution < -0.4 is 0 Å². The molecule has 0 radical (unpaired) electrons. The standard InChI is InChI=1S/C30H62N/c1-3-5-7-9-10-11-12-13-14-15-16-17-18-19-20-22-24-28-31(29-25-26-30-31)27-23-21-8-6-4-2/h3-30H2,1-2H3/q+1. The first-order valence-corrected chi connectivity index (χ1v) is 15.2. The average molecular weight is 437 g/mol. The quantitative estimate of drug-likeness (QED) is 0.104. The minimum atomic E-state index is 1.37. The molecule has 1 aliphatic heterocycles. The molecule has 0 atom stereocenters. The van der Waals surface area contributed by atoms with Crippen molar-refractivity contribution in [1.82, 2.24) is 0 Å². The number of hydrogen-bond acceptors (Lipinski definition) is 0. The van der Waals surface area contributed by atoms with Crippen molar-refractivity contribution in [2.24, 2.45) is 0 Å². The van der Waals surface area contributed by atoms with Gasteiger partial charge in [0.15, 0.2) is 0 Å². The maximum absolute atomic E-state index is 2.33. The summed E-state index contributed by atoms with van der Waals surface area (Å²) in [4.78, 5) is 0. The third kappa shape index (κ3) is 17.1. The molecule has 1 nitrogen and oxygen atoms in total. The Balaban J connectivity index is 1.84. The molecule has 0 aliphatic carbocycles. The van der Waals surface area contributed by atoms with Crippen molar-refractivity contribution in [3.63, 3.8) is 0 Å². The minimum Gasteiger partial charge on any atom is -0.324 e. The molecule has 1 saturated heterocycles. The molecule has 186 valence electrons. The summed E-state index contributed by atoms with van der Waals surface area (Å²) in [5.74, 6) is 0. The van der Waals surface area contributed by atoms with Gasteiger partial charge in [-0.25, -0.2) is 0 Å². The molecule has 0 unspecified atom stereocenters. The molecule has 0 aromatic carbocycles. The molecule has 0 N–H and O–H groups in total. The lowest BCUT2D eigenvalue weighted by molar-refractivity contribution is -0.917. The van der Waals surface area contributed by atoms with E-state index >= 15 is 0 Å². The number of rotatable bonds is 24. The monoisotopic (exact) mass is 436 g/mol. The predicted molar refractivity (Wildman–Crippen MR) is 142 cm³/mol. The van der Waals surface area contributed by atoms with Crippen molar-refractivity contribution in [3.8, 4) is 0 Å². The van der Waals surface area contributed by atoms with E-state index in [9.17, 15) is 0 Å². The van der Waals surface area contributed by atoms with Crippen LogP contribution in [-0.2, 0) is 0 Å². The first kappa shape index (κ1) is 29.0. The summed E-state index contributed by atoms with van der Waals surface area (Å²) in [7, 11) is 0. The summed E-state index contributed by atoms with van der Waals surface area (Å²) >= 11 is 0. The second kappa shape index (κ2) is 21.8. The Morgan fingerprint density at radius 3 is 0.903 bits per heavy atom. The Labute approximate surface area is 198 Å². The van der Waals surface area contributed by atoms with Crippen molar-refractivity contribution >= 4 is 0 Å². The van der Waals surface area contributed by atoms with Crippen LogP contribution in [0.25, 0.3) is 0 Å². The maximum Gasteiger partial charge on any atom is 0.0788 e. The molecule has 0 bridgehead atoms. The highest BCUT2D eigenvalue weighted by atomic mass is 15.4. The van der Waals surface area contributed by atoms with Crippen molar-refractivity contribution in [1.29, 1.82) is 0 Å². The summed E-state index contributed by atoms with van der Waals surface area (Å²) in [5.41, 5.74) is 0. The van der Waals surface area contributed by atoms with Crippen LogP contribution in [-0.4, -0.2) is 30.7 Å². The van der Waals surface area contributed by atoms with E-state index in [1.807, 2.05) is 0 Å². The van der Waals surface area contributed by atoms with E-state index in [0.29, 0.717) is 0 Å². The minimum absolute atomic E-state index is 1.37. The molecule has 1 heteroatoms. The summed E-state index contributed by atoms with van der Waals surface area (Å²) in [6, 6.07) is 0. The molecule has 31 heavy (non-hydrogen) atoms. The van der Waals surface area contributed by atoms with Crippen LogP contribution in [0.3, 0.4) is 0 Å². The Morgan fingerprint density at radius 1 is 0.355 bits per heavy atom. The number of likely N-dealkylation sites (tertiary alicyclic amines) is 1. The molecular weight excluding hydrogens is 374 g/mol. The number of quaternary nitrogens is 1. The highest BCUT2D eigenvalue weighted by Gasteiger charge is 2.30. The first-order valence-electron chi connectivity index (χ1n) is 15.2. The Morgan fingerprint density at radius 2 is 0.613 bits per heavy atom. The van der Waals surface area contributed by atoms with E-state index < -0.39 is 0 Å². The van der Waals surface area contributed by atoms with Gasteiger partial charge < -0.3 is 4.48 Å². The smallest absolute Gasteiger partial charge is 0.0788 e. The lowest BCUT2D eigenvalue weighted by Crippen LogP contribution is -2.46. The molecule has 1 rings (SSSR count). The van der Waals surface area contributed by atoms with E-state index in [4.69, 9.17) is 0 Å². The van der Waals surface area contributed by atoms with Crippen LogP contribution in [0.5, 0.6) is 0 Å². The zero-order chi connectivity index (χ0) is 22.3. The van der Waals surface area contributed by atoms with E-state index in [1.165, 1.54) is 185 Å². The summed E-state index contributed by atoms with van der Waals surface area (Å²) in [6.07, 6.45) is 35.4. The van der Waals surface area contributed by atoms with Gasteiger partial charge in [0.2, 0.25) is 0 Å². The Kier molecular flexibility index (Phi) is 20.4. The number of unbranched alkanes of at least 4 members (excludes halogenated alkanes) is 20. The second-order valence-electron chi connectivity index (χ2n) is 11.0. The molecule has 0 saturated carbocycles. The SMILES string of the molecule is CCCCCCCCCCCCCCCCCCC[N+]1(CCCCCCC)CCCC1. The largest absolute Gasteiger partial charge is 0.324 e. The van der Waals surface area contributed by atoms with Gasteiger partial charge in [-0.15, -0.1) is 0 Å². The lowest BCUT2D eigenvalue weighted by atomic mass is 10.0. The molecule has 0 aromatic heterocycles. The summed E-state index contributed by atoms with van der Waals surface area (Å²) in [6.45, 7) is 10.6. The van der Waals surface area contributed by atoms with Crippen LogP contribution in [0, 0.1) is 0 Å². The second-order valence-corrected chi connectivity index (χ2v) is 11.0. The van der Waals surface area contributed by atoms with Crippen LogP contribution in [0.1, 0.15) is 168 Å². The zero-order valence-electron chi connectivity index (χ0n) is 22.2. The highest BCUT2D eigenvalue weighted by Crippen LogP contribution is 2.23. The van der Waals surface area contributed by atoms with E-state index in [2.05, 4.69) is 13.8 Å². The van der Waals surface area contributed by atoms with Crippen LogP contribution in [0.15, 0.2) is 0 Å². The lowest BCUT2D eigenvalue weighted by Gasteiger charge is -2.34. The van der Waals surface area contributed by atoms with Crippen molar-refractivity contribution in [2.75, 3.05) is 26.2 Å². The van der Waals surface area contributed by atoms with Crippen molar-refractivity contribution < 1.29 is 4.48 Å². The molecule has 0 spiro atoms. The first-order chi connectivity index (χ1) is 15.3. The molecule has 0 aromatic rings. The van der Waals surface area contributed by atoms with Crippen LogP contribution in [0.2, 0.25) is 0 Å². The zero-order valence-corrected chi connectivity index (χ0v) is 22.2. The van der Waals surface area contributed by atoms with Gasteiger partial charge in [0.05, 0.1) is 26.2 Å². The van der Waals surface area contributed by atoms with Crippen molar-refractivity contribution in [3.05, 3.63) is 0 Å². The van der Waals surface area contributed by atoms with Gasteiger partial charge >= 0.3 is 0 Å². The van der Waals surface area contributed by atoms with Gasteiger partial charge in [-0.3, -0.25) is 0 Å². The third-order valence-corrected chi connectivity index (χ3v) is 7.99. The molecule has 1 aliphatic rings. The Bertz CT molecular complexity index is 344. The number of hydrogen-bond donors (Lipinski definition) is 0. The van der Waals surface area contributed by atoms with E-state index in [1.54, 1.807) is 0 Å². The summed E-state index contributed by atoms with van der Waals surface area (Å²) in [5, 5.41) is 0. The highest BCUT2D eigenvalue weighted by molar-refractivity contribution is 4.57. The van der Waals surface area contributed by atoms with Gasteiger partial charge in [0.1, 0.15) is 0 Å². The van der Waals surface area contributed by atoms with Gasteiger partial charge in [0, 0.05) is 12.8 Å². The fourth-order valence-electron chi connectivity index (χ4n) is 5.79. The van der Waals surface area contributed by atoms with Gasteiger partial charge in [-0.05, 0) is 25.7 Å². The fourth-order valence-corrected chi connectivity index (χ4v) is 5.79. The van der Waals surface area contributed by atoms with Gasteiger partial charge in [-0.1, -0.05) is 129 Å². The normalized spacial score (nSPS) is 15.7. The van der Waals surface area contributed by atoms with Crippen molar-refractivity contribution in [2.45, 2.75) is 168 Å².